The summed E-state index contributed by atoms with van der Waals surface area (Å²) in [7, 11) is 0. The van der Waals surface area contributed by atoms with Gasteiger partial charge < -0.3 is 21.5 Å². The van der Waals surface area contributed by atoms with E-state index in [0.29, 0.717) is 0 Å². The molecular formula is C8H17N3O3. The van der Waals surface area contributed by atoms with Crippen LogP contribution in [-0.2, 0) is 4.79 Å². The maximum atomic E-state index is 11.0. The number of amides is 2. The SMILES string of the molecule is CC(C)NC(=O)NCCC(N)C(=O)O. The molecule has 0 aromatic heterocycles. The van der Waals surface area contributed by atoms with Gasteiger partial charge in [-0.3, -0.25) is 4.79 Å². The Morgan fingerprint density at radius 2 is 2.00 bits per heavy atom. The zero-order valence-electron chi connectivity index (χ0n) is 8.41. The molecule has 0 saturated heterocycles. The Morgan fingerprint density at radius 1 is 1.43 bits per heavy atom. The van der Waals surface area contributed by atoms with E-state index in [1.807, 2.05) is 13.8 Å². The monoisotopic (exact) mass is 203 g/mol. The lowest BCUT2D eigenvalue weighted by Crippen LogP contribution is -2.42. The van der Waals surface area contributed by atoms with Gasteiger partial charge >= 0.3 is 12.0 Å². The zero-order valence-corrected chi connectivity index (χ0v) is 8.41. The molecule has 0 rings (SSSR count). The Hall–Kier alpha value is -1.30. The third-order valence-corrected chi connectivity index (χ3v) is 1.48. The summed E-state index contributed by atoms with van der Waals surface area (Å²) in [6.45, 7) is 3.93. The zero-order chi connectivity index (χ0) is 11.1. The van der Waals surface area contributed by atoms with E-state index in [0.717, 1.165) is 0 Å². The van der Waals surface area contributed by atoms with Gasteiger partial charge in [-0.25, -0.2) is 4.79 Å². The minimum Gasteiger partial charge on any atom is -0.480 e. The largest absolute Gasteiger partial charge is 0.480 e. The number of nitrogens with one attached hydrogen (secondary N) is 2. The van der Waals surface area contributed by atoms with Crippen molar-refractivity contribution in [2.75, 3.05) is 6.54 Å². The Balaban J connectivity index is 3.54. The highest BCUT2D eigenvalue weighted by atomic mass is 16.4. The standard InChI is InChI=1S/C8H17N3O3/c1-5(2)11-8(14)10-4-3-6(9)7(12)13/h5-6H,3-4,9H2,1-2H3,(H,12,13)(H2,10,11,14). The van der Waals surface area contributed by atoms with E-state index in [4.69, 9.17) is 10.8 Å². The Bertz CT molecular complexity index is 206. The first kappa shape index (κ1) is 12.7. The molecule has 1 atom stereocenters. The number of nitrogens with two attached hydrogens (primary N) is 1. The van der Waals surface area contributed by atoms with Crippen LogP contribution in [0.3, 0.4) is 0 Å². The molecule has 82 valence electrons. The molecule has 0 aliphatic rings. The van der Waals surface area contributed by atoms with Gasteiger partial charge in [0.05, 0.1) is 0 Å². The van der Waals surface area contributed by atoms with Gasteiger partial charge in [0.1, 0.15) is 6.04 Å². The topological polar surface area (TPSA) is 104 Å². The fraction of sp³-hybridized carbons (Fsp3) is 0.750. The molecule has 6 nitrogen and oxygen atoms in total. The first-order valence-corrected chi connectivity index (χ1v) is 4.46. The number of hydrogen-bond donors (Lipinski definition) is 4. The van der Waals surface area contributed by atoms with Crippen molar-refractivity contribution >= 4 is 12.0 Å². The van der Waals surface area contributed by atoms with Crippen LogP contribution in [0.15, 0.2) is 0 Å². The summed E-state index contributed by atoms with van der Waals surface area (Å²) in [5.41, 5.74) is 5.23. The fourth-order valence-corrected chi connectivity index (χ4v) is 0.778. The number of aliphatic carboxylic acids is 1. The van der Waals surface area contributed by atoms with E-state index < -0.39 is 12.0 Å². The third kappa shape index (κ3) is 6.24. The Labute approximate surface area is 82.9 Å². The first-order valence-electron chi connectivity index (χ1n) is 4.46. The van der Waals surface area contributed by atoms with Crippen molar-refractivity contribution in [2.24, 2.45) is 5.73 Å². The smallest absolute Gasteiger partial charge is 0.320 e. The van der Waals surface area contributed by atoms with Crippen LogP contribution in [0.1, 0.15) is 20.3 Å². The molecule has 5 N–H and O–H groups in total. The number of carbonyl (C=O) groups excluding carboxylic acids is 1. The molecule has 0 aliphatic heterocycles. The first-order chi connectivity index (χ1) is 6.43. The van der Waals surface area contributed by atoms with Crippen molar-refractivity contribution in [3.63, 3.8) is 0 Å². The molecule has 1 unspecified atom stereocenters. The van der Waals surface area contributed by atoms with Crippen molar-refractivity contribution in [3.8, 4) is 0 Å². The van der Waals surface area contributed by atoms with Crippen molar-refractivity contribution in [1.29, 1.82) is 0 Å². The van der Waals surface area contributed by atoms with E-state index in [-0.39, 0.29) is 25.0 Å². The molecule has 14 heavy (non-hydrogen) atoms. The Morgan fingerprint density at radius 3 is 2.43 bits per heavy atom. The maximum Gasteiger partial charge on any atom is 0.320 e. The van der Waals surface area contributed by atoms with Gasteiger partial charge in [-0.2, -0.15) is 0 Å². The van der Waals surface area contributed by atoms with Gasteiger partial charge in [-0.05, 0) is 20.3 Å². The second-order valence-electron chi connectivity index (χ2n) is 3.29. The molecule has 6 heteroatoms. The summed E-state index contributed by atoms with van der Waals surface area (Å²) in [4.78, 5) is 21.3. The molecular weight excluding hydrogens is 186 g/mol. The van der Waals surface area contributed by atoms with E-state index in [2.05, 4.69) is 10.6 Å². The van der Waals surface area contributed by atoms with Crippen LogP contribution in [0.4, 0.5) is 4.79 Å². The molecule has 0 radical (unpaired) electrons. The Kier molecular flexibility index (Phi) is 5.62. The molecule has 0 aliphatic carbocycles. The quantitative estimate of drug-likeness (QED) is 0.483. The predicted octanol–water partition coefficient (Wildman–Crippen LogP) is -0.504. The summed E-state index contributed by atoms with van der Waals surface area (Å²) in [6, 6.07) is -1.17. The second-order valence-corrected chi connectivity index (χ2v) is 3.29. The van der Waals surface area contributed by atoms with Gasteiger partial charge in [-0.1, -0.05) is 0 Å². The summed E-state index contributed by atoms with van der Waals surface area (Å²) < 4.78 is 0. The van der Waals surface area contributed by atoms with Crippen molar-refractivity contribution in [2.45, 2.75) is 32.4 Å². The lowest BCUT2D eigenvalue weighted by Gasteiger charge is -2.11. The van der Waals surface area contributed by atoms with Gasteiger partial charge in [0, 0.05) is 12.6 Å². The van der Waals surface area contributed by atoms with E-state index in [9.17, 15) is 9.59 Å². The highest BCUT2D eigenvalue weighted by Crippen LogP contribution is 1.86. The number of urea groups is 1. The van der Waals surface area contributed by atoms with Crippen LogP contribution in [-0.4, -0.2) is 35.7 Å². The van der Waals surface area contributed by atoms with Gasteiger partial charge in [0.15, 0.2) is 0 Å². The van der Waals surface area contributed by atoms with Crippen LogP contribution in [0, 0.1) is 0 Å². The summed E-state index contributed by atoms with van der Waals surface area (Å²) in [6.07, 6.45) is 0.223. The molecule has 0 aromatic carbocycles. The molecule has 0 fully saturated rings. The summed E-state index contributed by atoms with van der Waals surface area (Å²) in [5, 5.41) is 13.6. The fourth-order valence-electron chi connectivity index (χ4n) is 0.778. The summed E-state index contributed by atoms with van der Waals surface area (Å²) in [5.74, 6) is -1.06. The number of carboxylic acid groups (broad SMARTS) is 1. The third-order valence-electron chi connectivity index (χ3n) is 1.48. The van der Waals surface area contributed by atoms with Crippen LogP contribution < -0.4 is 16.4 Å². The van der Waals surface area contributed by atoms with Crippen LogP contribution in [0.25, 0.3) is 0 Å². The normalized spacial score (nSPS) is 12.3. The second kappa shape index (κ2) is 6.20. The van der Waals surface area contributed by atoms with E-state index >= 15 is 0 Å². The van der Waals surface area contributed by atoms with Crippen molar-refractivity contribution in [1.82, 2.24) is 10.6 Å². The van der Waals surface area contributed by atoms with E-state index in [1.54, 1.807) is 0 Å². The number of carboxylic acids is 1. The molecule has 0 aromatic rings. The van der Waals surface area contributed by atoms with Crippen molar-refractivity contribution in [3.05, 3.63) is 0 Å². The minimum absolute atomic E-state index is 0.0585. The predicted molar refractivity (Wildman–Crippen MR) is 51.9 cm³/mol. The van der Waals surface area contributed by atoms with Gasteiger partial charge in [-0.15, -0.1) is 0 Å². The van der Waals surface area contributed by atoms with E-state index in [1.165, 1.54) is 0 Å². The van der Waals surface area contributed by atoms with Gasteiger partial charge in [0.25, 0.3) is 0 Å². The average Bonchev–Trinajstić information content (AvgIpc) is 2.02. The molecule has 0 spiro atoms. The maximum absolute atomic E-state index is 11.0. The summed E-state index contributed by atoms with van der Waals surface area (Å²) >= 11 is 0. The number of hydrogen-bond acceptors (Lipinski definition) is 3. The molecule has 2 amide bonds. The highest BCUT2D eigenvalue weighted by molar-refractivity contribution is 5.75. The lowest BCUT2D eigenvalue weighted by molar-refractivity contribution is -0.138. The number of carbonyl (C=O) groups is 2. The van der Waals surface area contributed by atoms with Crippen LogP contribution in [0.2, 0.25) is 0 Å². The molecule has 0 saturated carbocycles. The molecule has 0 bridgehead atoms. The van der Waals surface area contributed by atoms with Crippen LogP contribution in [0.5, 0.6) is 0 Å². The lowest BCUT2D eigenvalue weighted by atomic mass is 10.2. The molecule has 0 heterocycles. The van der Waals surface area contributed by atoms with Crippen molar-refractivity contribution < 1.29 is 14.7 Å². The average molecular weight is 203 g/mol. The van der Waals surface area contributed by atoms with Gasteiger partial charge in [0.2, 0.25) is 0 Å². The van der Waals surface area contributed by atoms with Crippen LogP contribution >= 0.6 is 0 Å². The highest BCUT2D eigenvalue weighted by Gasteiger charge is 2.11. The minimum atomic E-state index is -1.06. The number of rotatable bonds is 5.